The Morgan fingerprint density at radius 1 is 1.20 bits per heavy atom. The number of carbonyl (C=O) groups excluding carboxylic acids is 1. The first-order chi connectivity index (χ1) is 14.1. The lowest BCUT2D eigenvalue weighted by atomic mass is 9.84. The predicted molar refractivity (Wildman–Crippen MR) is 119 cm³/mol. The van der Waals surface area contributed by atoms with Crippen LogP contribution >= 0.6 is 34.2 Å². The van der Waals surface area contributed by atoms with Crippen LogP contribution in [-0.2, 0) is 16.6 Å². The van der Waals surface area contributed by atoms with E-state index in [9.17, 15) is 23.1 Å². The molecule has 0 spiro atoms. The van der Waals surface area contributed by atoms with E-state index < -0.39 is 28.8 Å². The molecule has 0 radical (unpaired) electrons. The number of anilines is 1. The molecular weight excluding hydrogens is 532 g/mol. The van der Waals surface area contributed by atoms with Crippen molar-refractivity contribution in [1.29, 1.82) is 0 Å². The van der Waals surface area contributed by atoms with Crippen molar-refractivity contribution in [2.24, 2.45) is 0 Å². The van der Waals surface area contributed by atoms with Crippen LogP contribution in [0.5, 0.6) is 0 Å². The van der Waals surface area contributed by atoms with Gasteiger partial charge < -0.3 is 14.9 Å². The number of rotatable bonds is 6. The molecule has 0 saturated heterocycles. The summed E-state index contributed by atoms with van der Waals surface area (Å²) in [5, 5.41) is 11.6. The van der Waals surface area contributed by atoms with Gasteiger partial charge in [-0.05, 0) is 53.9 Å². The monoisotopic (exact) mass is 552 g/mol. The lowest BCUT2D eigenvalue weighted by Gasteiger charge is -2.27. The number of hydrogen-bond donors (Lipinski definition) is 1. The van der Waals surface area contributed by atoms with Gasteiger partial charge in [-0.2, -0.15) is 13.2 Å². The third kappa shape index (κ3) is 3.94. The van der Waals surface area contributed by atoms with E-state index in [1.807, 2.05) is 13.8 Å². The Hall–Kier alpha value is -1.36. The fraction of sp³-hybridized carbons (Fsp3) is 0.381. The van der Waals surface area contributed by atoms with Crippen LogP contribution in [0.1, 0.15) is 30.5 Å². The summed E-state index contributed by atoms with van der Waals surface area (Å²) in [6.45, 7) is 6.02. The number of carbonyl (C=O) groups is 1. The fourth-order valence-electron chi connectivity index (χ4n) is 3.83. The maximum Gasteiger partial charge on any atom is 0.416 e. The zero-order valence-corrected chi connectivity index (χ0v) is 19.3. The number of fused-ring (bicyclic) bond motifs is 1. The van der Waals surface area contributed by atoms with E-state index in [2.05, 4.69) is 4.90 Å². The molecule has 1 aliphatic heterocycles. The number of amides is 1. The van der Waals surface area contributed by atoms with E-state index in [1.54, 1.807) is 28.7 Å². The number of halogens is 5. The molecule has 0 aliphatic carbocycles. The Morgan fingerprint density at radius 2 is 1.83 bits per heavy atom. The van der Waals surface area contributed by atoms with Crippen molar-refractivity contribution in [3.8, 4) is 0 Å². The van der Waals surface area contributed by atoms with Crippen molar-refractivity contribution in [3.05, 3.63) is 61.7 Å². The van der Waals surface area contributed by atoms with Crippen LogP contribution in [0.15, 0.2) is 36.4 Å². The molecule has 0 aromatic heterocycles. The van der Waals surface area contributed by atoms with Crippen molar-refractivity contribution in [1.82, 2.24) is 4.90 Å². The van der Waals surface area contributed by atoms with Crippen molar-refractivity contribution >= 4 is 45.8 Å². The SMILES string of the molecule is CCN(CC)CCN1C(=O)[C@@](O)(c2ccccc2Cl)c2c1cc(I)cc2C(F)(F)F. The Bertz CT molecular complexity index is 966. The minimum atomic E-state index is -4.75. The third-order valence-electron chi connectivity index (χ3n) is 5.39. The van der Waals surface area contributed by atoms with Gasteiger partial charge in [0.2, 0.25) is 0 Å². The van der Waals surface area contributed by atoms with Gasteiger partial charge >= 0.3 is 6.18 Å². The predicted octanol–water partition coefficient (Wildman–Crippen LogP) is 4.89. The molecule has 1 aliphatic rings. The highest BCUT2D eigenvalue weighted by molar-refractivity contribution is 14.1. The number of likely N-dealkylation sites (N-methyl/N-ethyl adjacent to an activating group) is 1. The van der Waals surface area contributed by atoms with Gasteiger partial charge in [-0.1, -0.05) is 43.6 Å². The average molecular weight is 553 g/mol. The third-order valence-corrected chi connectivity index (χ3v) is 6.35. The van der Waals surface area contributed by atoms with E-state index in [0.29, 0.717) is 10.1 Å². The highest BCUT2D eigenvalue weighted by atomic mass is 127. The van der Waals surface area contributed by atoms with Crippen molar-refractivity contribution in [2.45, 2.75) is 25.6 Å². The molecule has 162 valence electrons. The van der Waals surface area contributed by atoms with E-state index in [4.69, 9.17) is 11.6 Å². The molecule has 0 bridgehead atoms. The lowest BCUT2D eigenvalue weighted by molar-refractivity contribution is -0.142. The summed E-state index contributed by atoms with van der Waals surface area (Å²) in [6.07, 6.45) is -4.75. The molecule has 4 nitrogen and oxygen atoms in total. The second-order valence-corrected chi connectivity index (χ2v) is 8.67. The number of benzene rings is 2. The number of nitrogens with zero attached hydrogens (tertiary/aromatic N) is 2. The maximum atomic E-state index is 14.0. The molecule has 1 atom stereocenters. The van der Waals surface area contributed by atoms with Gasteiger partial charge in [0.05, 0.1) is 11.3 Å². The van der Waals surface area contributed by atoms with Crippen molar-refractivity contribution in [2.75, 3.05) is 31.1 Å². The minimum Gasteiger partial charge on any atom is -0.372 e. The molecular formula is C21H21ClF3IN2O2. The summed E-state index contributed by atoms with van der Waals surface area (Å²) in [5.41, 5.74) is -4.02. The van der Waals surface area contributed by atoms with Crippen molar-refractivity contribution < 1.29 is 23.1 Å². The number of hydrogen-bond acceptors (Lipinski definition) is 3. The first-order valence-corrected chi connectivity index (χ1v) is 10.9. The normalized spacial score (nSPS) is 19.0. The maximum absolute atomic E-state index is 14.0. The van der Waals surface area contributed by atoms with Crippen LogP contribution in [0.4, 0.5) is 18.9 Å². The summed E-state index contributed by atoms with van der Waals surface area (Å²) in [7, 11) is 0. The number of aliphatic hydroxyl groups is 1. The van der Waals surface area contributed by atoms with Crippen LogP contribution in [0, 0.1) is 3.57 Å². The number of alkyl halides is 3. The zero-order valence-electron chi connectivity index (χ0n) is 16.4. The highest BCUT2D eigenvalue weighted by Crippen LogP contribution is 2.51. The summed E-state index contributed by atoms with van der Waals surface area (Å²) >= 11 is 8.01. The first-order valence-electron chi connectivity index (χ1n) is 9.48. The van der Waals surface area contributed by atoms with Crippen LogP contribution in [-0.4, -0.2) is 42.1 Å². The molecule has 1 N–H and O–H groups in total. The van der Waals surface area contributed by atoms with Crippen LogP contribution in [0.3, 0.4) is 0 Å². The Labute approximate surface area is 191 Å². The summed E-state index contributed by atoms with van der Waals surface area (Å²) < 4.78 is 42.2. The molecule has 1 heterocycles. The topological polar surface area (TPSA) is 43.8 Å². The fourth-order valence-corrected chi connectivity index (χ4v) is 4.71. The van der Waals surface area contributed by atoms with Gasteiger partial charge in [0.15, 0.2) is 5.60 Å². The van der Waals surface area contributed by atoms with Gasteiger partial charge in [0.25, 0.3) is 5.91 Å². The van der Waals surface area contributed by atoms with E-state index in [-0.39, 0.29) is 22.8 Å². The summed E-state index contributed by atoms with van der Waals surface area (Å²) in [4.78, 5) is 16.7. The van der Waals surface area contributed by atoms with E-state index in [1.165, 1.54) is 29.2 Å². The second kappa shape index (κ2) is 8.64. The Morgan fingerprint density at radius 3 is 2.40 bits per heavy atom. The van der Waals surface area contributed by atoms with E-state index >= 15 is 0 Å². The largest absolute Gasteiger partial charge is 0.416 e. The molecule has 2 aromatic carbocycles. The zero-order chi connectivity index (χ0) is 22.3. The van der Waals surface area contributed by atoms with Gasteiger partial charge in [0, 0.05) is 32.8 Å². The molecule has 3 rings (SSSR count). The highest BCUT2D eigenvalue weighted by Gasteiger charge is 2.56. The lowest BCUT2D eigenvalue weighted by Crippen LogP contribution is -2.44. The Kier molecular flexibility index (Phi) is 6.71. The molecule has 1 amide bonds. The molecule has 0 unspecified atom stereocenters. The summed E-state index contributed by atoms with van der Waals surface area (Å²) in [6, 6.07) is 8.40. The smallest absolute Gasteiger partial charge is 0.372 e. The Balaban J connectivity index is 2.25. The van der Waals surface area contributed by atoms with Crippen molar-refractivity contribution in [3.63, 3.8) is 0 Å². The average Bonchev–Trinajstić information content (AvgIpc) is 2.89. The molecule has 2 aromatic rings. The summed E-state index contributed by atoms with van der Waals surface area (Å²) in [5.74, 6) is -0.828. The van der Waals surface area contributed by atoms with Gasteiger partial charge in [-0.15, -0.1) is 0 Å². The quantitative estimate of drug-likeness (QED) is 0.519. The first kappa shape index (κ1) is 23.3. The van der Waals surface area contributed by atoms with Gasteiger partial charge in [0.1, 0.15) is 0 Å². The molecule has 30 heavy (non-hydrogen) atoms. The molecule has 9 heteroatoms. The van der Waals surface area contributed by atoms with Gasteiger partial charge in [-0.3, -0.25) is 4.79 Å². The van der Waals surface area contributed by atoms with Gasteiger partial charge in [-0.25, -0.2) is 0 Å². The van der Waals surface area contributed by atoms with Crippen LogP contribution in [0.2, 0.25) is 5.02 Å². The molecule has 0 saturated carbocycles. The standard InChI is InChI=1S/C21H21ClF3IN2O2/c1-3-27(4-2)9-10-28-17-12-13(26)11-15(21(23,24)25)18(17)20(30,19(28)29)14-7-5-6-8-16(14)22/h5-8,11-12,30H,3-4,9-10H2,1-2H3/t20-/m1/s1. The van der Waals surface area contributed by atoms with Crippen LogP contribution in [0.25, 0.3) is 0 Å². The van der Waals surface area contributed by atoms with E-state index in [0.717, 1.165) is 19.2 Å². The van der Waals surface area contributed by atoms with Crippen LogP contribution < -0.4 is 4.90 Å². The molecule has 0 fully saturated rings. The second-order valence-electron chi connectivity index (χ2n) is 7.02. The minimum absolute atomic E-state index is 0.0246.